The lowest BCUT2D eigenvalue weighted by Crippen LogP contribution is -2.50. The van der Waals surface area contributed by atoms with Gasteiger partial charge in [0.2, 0.25) is 0 Å². The highest BCUT2D eigenvalue weighted by atomic mass is 16.3. The van der Waals surface area contributed by atoms with E-state index in [1.165, 1.54) is 44.9 Å². The van der Waals surface area contributed by atoms with Gasteiger partial charge in [-0.3, -0.25) is 0 Å². The van der Waals surface area contributed by atoms with E-state index in [0.717, 1.165) is 54.8 Å². The van der Waals surface area contributed by atoms with Gasteiger partial charge >= 0.3 is 0 Å². The average Bonchev–Trinajstić information content (AvgIpc) is 2.76. The summed E-state index contributed by atoms with van der Waals surface area (Å²) in [6.07, 6.45) is 12.5. The van der Waals surface area contributed by atoms with Crippen molar-refractivity contribution in [1.29, 1.82) is 5.26 Å². The first kappa shape index (κ1) is 16.9. The molecular formula is C22H35NO. The molecule has 2 nitrogen and oxygen atoms in total. The van der Waals surface area contributed by atoms with Crippen LogP contribution < -0.4 is 0 Å². The van der Waals surface area contributed by atoms with Crippen LogP contribution in [0, 0.1) is 58.7 Å². The maximum absolute atomic E-state index is 10.5. The summed E-state index contributed by atoms with van der Waals surface area (Å²) in [6, 6.07) is 2.70. The monoisotopic (exact) mass is 329 g/mol. The molecule has 0 heterocycles. The molecule has 4 rings (SSSR count). The minimum atomic E-state index is -0.412. The summed E-state index contributed by atoms with van der Waals surface area (Å²) in [6.45, 7) is 4.50. The van der Waals surface area contributed by atoms with E-state index in [0.29, 0.717) is 11.8 Å². The molecule has 4 aliphatic rings. The summed E-state index contributed by atoms with van der Waals surface area (Å²) in [4.78, 5) is 0. The summed E-state index contributed by atoms with van der Waals surface area (Å²) in [5, 5.41) is 20.3. The summed E-state index contributed by atoms with van der Waals surface area (Å²) >= 11 is 0. The molecule has 4 aliphatic carbocycles. The summed E-state index contributed by atoms with van der Waals surface area (Å²) in [5.41, 5.74) is -0.412. The Balaban J connectivity index is 1.58. The first-order chi connectivity index (χ1) is 11.5. The van der Waals surface area contributed by atoms with Gasteiger partial charge in [-0.15, -0.1) is 0 Å². The smallest absolute Gasteiger partial charge is 0.0658 e. The lowest BCUT2D eigenvalue weighted by atomic mass is 9.49. The molecule has 0 aromatic rings. The fourth-order valence-corrected chi connectivity index (χ4v) is 7.71. The molecule has 0 spiro atoms. The fraction of sp³-hybridized carbons (Fsp3) is 0.955. The highest BCUT2D eigenvalue weighted by molar-refractivity contribution is 5.05. The van der Waals surface area contributed by atoms with Crippen molar-refractivity contribution >= 4 is 0 Å². The van der Waals surface area contributed by atoms with E-state index in [1.54, 1.807) is 0 Å². The standard InChI is InChI=1S/C22H35NO/c1-14-11-20-17-9-10-22(2,24)12-15(17)7-8-18(20)19-6-4-3-5-16(13-23)21(14)19/h14-21,24H,3-12H2,1-2H3/t14-,15+,16-,17-,18-,19-,20+,21+,22+/m0/s1. The van der Waals surface area contributed by atoms with Crippen LogP contribution in [-0.4, -0.2) is 10.7 Å². The molecule has 134 valence electrons. The van der Waals surface area contributed by atoms with Crippen molar-refractivity contribution in [3.05, 3.63) is 0 Å². The molecule has 9 atom stereocenters. The van der Waals surface area contributed by atoms with Gasteiger partial charge in [0.25, 0.3) is 0 Å². The van der Waals surface area contributed by atoms with Crippen LogP contribution in [0.3, 0.4) is 0 Å². The Morgan fingerprint density at radius 2 is 1.75 bits per heavy atom. The maximum atomic E-state index is 10.5. The number of hydrogen-bond acceptors (Lipinski definition) is 2. The molecule has 4 saturated carbocycles. The molecule has 1 N–H and O–H groups in total. The zero-order chi connectivity index (χ0) is 16.9. The number of fused-ring (bicyclic) bond motifs is 5. The minimum absolute atomic E-state index is 0.318. The van der Waals surface area contributed by atoms with Gasteiger partial charge in [-0.05, 0) is 99.7 Å². The SMILES string of the molecule is C[C@H]1C[C@H]2[C@@H](CC[C@@H]3C[C@](C)(O)CC[C@@H]32)[C@@H]2CCCC[C@@H](C#N)[C@H]21. The number of nitriles is 1. The van der Waals surface area contributed by atoms with Crippen molar-refractivity contribution in [3.63, 3.8) is 0 Å². The first-order valence-electron chi connectivity index (χ1n) is 10.6. The predicted octanol–water partition coefficient (Wildman–Crippen LogP) is 5.17. The van der Waals surface area contributed by atoms with Crippen LogP contribution in [0.4, 0.5) is 0 Å². The van der Waals surface area contributed by atoms with E-state index >= 15 is 0 Å². The lowest BCUT2D eigenvalue weighted by Gasteiger charge is -2.56. The van der Waals surface area contributed by atoms with Crippen molar-refractivity contribution in [2.45, 2.75) is 83.7 Å². The Morgan fingerprint density at radius 1 is 0.958 bits per heavy atom. The first-order valence-corrected chi connectivity index (χ1v) is 10.6. The van der Waals surface area contributed by atoms with Crippen molar-refractivity contribution < 1.29 is 5.11 Å². The van der Waals surface area contributed by atoms with E-state index in [-0.39, 0.29) is 0 Å². The Morgan fingerprint density at radius 3 is 2.54 bits per heavy atom. The van der Waals surface area contributed by atoms with E-state index < -0.39 is 5.60 Å². The molecule has 0 unspecified atom stereocenters. The number of hydrogen-bond donors (Lipinski definition) is 1. The molecule has 0 aromatic heterocycles. The van der Waals surface area contributed by atoms with Gasteiger partial charge in [0.05, 0.1) is 11.7 Å². The van der Waals surface area contributed by atoms with Gasteiger partial charge < -0.3 is 5.11 Å². The summed E-state index contributed by atoms with van der Waals surface area (Å²) in [5.74, 6) is 5.90. The third-order valence-corrected chi connectivity index (χ3v) is 8.57. The molecule has 0 radical (unpaired) electrons. The molecular weight excluding hydrogens is 294 g/mol. The maximum Gasteiger partial charge on any atom is 0.0658 e. The molecule has 0 saturated heterocycles. The number of nitrogens with zero attached hydrogens (tertiary/aromatic N) is 1. The van der Waals surface area contributed by atoms with Gasteiger partial charge in [-0.25, -0.2) is 0 Å². The Kier molecular flexibility index (Phi) is 4.44. The molecule has 0 aliphatic heterocycles. The number of aliphatic hydroxyl groups is 1. The van der Waals surface area contributed by atoms with Crippen LogP contribution in [0.25, 0.3) is 0 Å². The van der Waals surface area contributed by atoms with Gasteiger partial charge in [0.1, 0.15) is 0 Å². The second kappa shape index (κ2) is 6.31. The van der Waals surface area contributed by atoms with E-state index in [9.17, 15) is 10.4 Å². The minimum Gasteiger partial charge on any atom is -0.390 e. The molecule has 0 bridgehead atoms. The molecule has 24 heavy (non-hydrogen) atoms. The number of rotatable bonds is 0. The van der Waals surface area contributed by atoms with Gasteiger partial charge in [-0.1, -0.05) is 19.8 Å². The lowest BCUT2D eigenvalue weighted by molar-refractivity contribution is -0.0996. The van der Waals surface area contributed by atoms with Crippen LogP contribution in [0.15, 0.2) is 0 Å². The second-order valence-electron chi connectivity index (χ2n) is 10.0. The Bertz CT molecular complexity index is 507. The largest absolute Gasteiger partial charge is 0.390 e. The van der Waals surface area contributed by atoms with Crippen LogP contribution in [0.5, 0.6) is 0 Å². The summed E-state index contributed by atoms with van der Waals surface area (Å²) in [7, 11) is 0. The zero-order valence-corrected chi connectivity index (χ0v) is 15.6. The average molecular weight is 330 g/mol. The third-order valence-electron chi connectivity index (χ3n) is 8.57. The molecule has 2 heteroatoms. The van der Waals surface area contributed by atoms with Crippen LogP contribution in [-0.2, 0) is 0 Å². The van der Waals surface area contributed by atoms with Crippen LogP contribution >= 0.6 is 0 Å². The summed E-state index contributed by atoms with van der Waals surface area (Å²) < 4.78 is 0. The van der Waals surface area contributed by atoms with E-state index in [1.807, 2.05) is 0 Å². The quantitative estimate of drug-likeness (QED) is 0.666. The van der Waals surface area contributed by atoms with Gasteiger partial charge in [0.15, 0.2) is 0 Å². The topological polar surface area (TPSA) is 44.0 Å². The van der Waals surface area contributed by atoms with E-state index in [2.05, 4.69) is 19.9 Å². The van der Waals surface area contributed by atoms with Crippen molar-refractivity contribution in [2.24, 2.45) is 47.3 Å². The van der Waals surface area contributed by atoms with Crippen LogP contribution in [0.1, 0.15) is 78.1 Å². The molecule has 0 aromatic carbocycles. The van der Waals surface area contributed by atoms with E-state index in [4.69, 9.17) is 0 Å². The molecule has 0 amide bonds. The van der Waals surface area contributed by atoms with Gasteiger partial charge in [-0.2, -0.15) is 5.26 Å². The highest BCUT2D eigenvalue weighted by Gasteiger charge is 2.53. The second-order valence-corrected chi connectivity index (χ2v) is 10.0. The Hall–Kier alpha value is -0.550. The third kappa shape index (κ3) is 2.82. The fourth-order valence-electron chi connectivity index (χ4n) is 7.71. The van der Waals surface area contributed by atoms with Crippen molar-refractivity contribution in [2.75, 3.05) is 0 Å². The van der Waals surface area contributed by atoms with Gasteiger partial charge in [0, 0.05) is 5.92 Å². The highest BCUT2D eigenvalue weighted by Crippen LogP contribution is 2.59. The predicted molar refractivity (Wildman–Crippen MR) is 96.0 cm³/mol. The Labute approximate surface area is 148 Å². The molecule has 4 fully saturated rings. The van der Waals surface area contributed by atoms with Crippen LogP contribution in [0.2, 0.25) is 0 Å². The van der Waals surface area contributed by atoms with Crippen molar-refractivity contribution in [1.82, 2.24) is 0 Å². The van der Waals surface area contributed by atoms with Crippen molar-refractivity contribution in [3.8, 4) is 6.07 Å². The zero-order valence-electron chi connectivity index (χ0n) is 15.6. The normalized spacial score (nSPS) is 54.6.